The highest BCUT2D eigenvalue weighted by Crippen LogP contribution is 2.16. The van der Waals surface area contributed by atoms with E-state index >= 15 is 0 Å². The third kappa shape index (κ3) is 4.55. The van der Waals surface area contributed by atoms with E-state index < -0.39 is 0 Å². The van der Waals surface area contributed by atoms with Gasteiger partial charge in [0.25, 0.3) is 0 Å². The third-order valence-corrected chi connectivity index (χ3v) is 4.29. The number of rotatable bonds is 5. The molecule has 0 saturated heterocycles. The van der Waals surface area contributed by atoms with Crippen molar-refractivity contribution < 1.29 is 4.79 Å². The molecular formula is C12H15IOS. The summed E-state index contributed by atoms with van der Waals surface area (Å²) >= 11 is 3.97. The first kappa shape index (κ1) is 13.0. The standard InChI is InChI=1S/C12H15IOS/c1-3-9(2)15-8-12(14)10-4-6-11(13)7-5-10/h4-7,9H,3,8H2,1-2H3. The van der Waals surface area contributed by atoms with E-state index in [2.05, 4.69) is 36.4 Å². The van der Waals surface area contributed by atoms with Crippen molar-refractivity contribution in [1.82, 2.24) is 0 Å². The molecule has 3 heteroatoms. The van der Waals surface area contributed by atoms with Crippen LogP contribution in [-0.4, -0.2) is 16.8 Å². The summed E-state index contributed by atoms with van der Waals surface area (Å²) in [4.78, 5) is 11.8. The molecule has 1 unspecified atom stereocenters. The predicted octanol–water partition coefficient (Wildman–Crippen LogP) is 4.01. The molecule has 1 rings (SSSR count). The summed E-state index contributed by atoms with van der Waals surface area (Å²) in [5.74, 6) is 0.826. The van der Waals surface area contributed by atoms with Gasteiger partial charge in [0, 0.05) is 14.4 Å². The van der Waals surface area contributed by atoms with Gasteiger partial charge in [-0.3, -0.25) is 4.79 Å². The summed E-state index contributed by atoms with van der Waals surface area (Å²) < 4.78 is 1.17. The highest BCUT2D eigenvalue weighted by atomic mass is 127. The molecule has 0 saturated carbocycles. The first-order chi connectivity index (χ1) is 7.13. The molecule has 0 amide bonds. The van der Waals surface area contributed by atoms with E-state index in [0.717, 1.165) is 12.0 Å². The Morgan fingerprint density at radius 2 is 2.00 bits per heavy atom. The zero-order valence-electron chi connectivity index (χ0n) is 9.00. The van der Waals surface area contributed by atoms with Crippen LogP contribution in [0.15, 0.2) is 24.3 Å². The van der Waals surface area contributed by atoms with Gasteiger partial charge < -0.3 is 0 Å². The summed E-state index contributed by atoms with van der Waals surface area (Å²) in [6.45, 7) is 4.30. The quantitative estimate of drug-likeness (QED) is 0.598. The van der Waals surface area contributed by atoms with Gasteiger partial charge in [-0.15, -0.1) is 0 Å². The van der Waals surface area contributed by atoms with Gasteiger partial charge in [0.2, 0.25) is 0 Å². The van der Waals surface area contributed by atoms with Crippen molar-refractivity contribution >= 4 is 40.1 Å². The second kappa shape index (κ2) is 6.53. The van der Waals surface area contributed by atoms with E-state index in [1.165, 1.54) is 3.57 Å². The number of benzene rings is 1. The molecule has 1 atom stereocenters. The number of hydrogen-bond acceptors (Lipinski definition) is 2. The number of carbonyl (C=O) groups excluding carboxylic acids is 1. The van der Waals surface area contributed by atoms with Gasteiger partial charge in [-0.05, 0) is 41.1 Å². The smallest absolute Gasteiger partial charge is 0.172 e. The molecule has 0 N–H and O–H groups in total. The topological polar surface area (TPSA) is 17.1 Å². The summed E-state index contributed by atoms with van der Waals surface area (Å²) in [6.07, 6.45) is 1.12. The fraction of sp³-hybridized carbons (Fsp3) is 0.417. The van der Waals surface area contributed by atoms with E-state index in [0.29, 0.717) is 11.0 Å². The molecule has 82 valence electrons. The lowest BCUT2D eigenvalue weighted by atomic mass is 10.2. The predicted molar refractivity (Wildman–Crippen MR) is 75.7 cm³/mol. The average molecular weight is 334 g/mol. The lowest BCUT2D eigenvalue weighted by Crippen LogP contribution is -2.05. The Hall–Kier alpha value is -0.0300. The molecule has 0 aromatic heterocycles. The molecule has 0 bridgehead atoms. The molecule has 0 spiro atoms. The largest absolute Gasteiger partial charge is 0.293 e. The Labute approximate surface area is 109 Å². The fourth-order valence-electron chi connectivity index (χ4n) is 1.05. The Morgan fingerprint density at radius 1 is 1.40 bits per heavy atom. The molecular weight excluding hydrogens is 319 g/mol. The monoisotopic (exact) mass is 334 g/mol. The normalized spacial score (nSPS) is 12.5. The van der Waals surface area contributed by atoms with Crippen LogP contribution in [0.2, 0.25) is 0 Å². The van der Waals surface area contributed by atoms with Crippen molar-refractivity contribution in [2.75, 3.05) is 5.75 Å². The van der Waals surface area contributed by atoms with Crippen LogP contribution in [0.25, 0.3) is 0 Å². The first-order valence-electron chi connectivity index (χ1n) is 5.04. The van der Waals surface area contributed by atoms with E-state index in [4.69, 9.17) is 0 Å². The summed E-state index contributed by atoms with van der Waals surface area (Å²) in [7, 11) is 0. The van der Waals surface area contributed by atoms with E-state index in [-0.39, 0.29) is 5.78 Å². The highest BCUT2D eigenvalue weighted by Gasteiger charge is 2.07. The Bertz CT molecular complexity index is 321. The Morgan fingerprint density at radius 3 is 2.53 bits per heavy atom. The molecule has 0 heterocycles. The van der Waals surface area contributed by atoms with Crippen LogP contribution in [0, 0.1) is 3.57 Å². The molecule has 0 aliphatic rings. The third-order valence-electron chi connectivity index (χ3n) is 2.24. The molecule has 15 heavy (non-hydrogen) atoms. The van der Waals surface area contributed by atoms with Crippen molar-refractivity contribution in [3.8, 4) is 0 Å². The van der Waals surface area contributed by atoms with E-state index in [9.17, 15) is 4.79 Å². The molecule has 0 fully saturated rings. The summed E-state index contributed by atoms with van der Waals surface area (Å²) in [6, 6.07) is 7.76. The van der Waals surface area contributed by atoms with Crippen LogP contribution >= 0.6 is 34.4 Å². The maximum atomic E-state index is 11.8. The summed E-state index contributed by atoms with van der Waals surface area (Å²) in [5.41, 5.74) is 0.825. The zero-order chi connectivity index (χ0) is 11.3. The van der Waals surface area contributed by atoms with Gasteiger partial charge in [0.15, 0.2) is 5.78 Å². The van der Waals surface area contributed by atoms with Gasteiger partial charge in [0.05, 0.1) is 5.75 Å². The molecule has 0 aliphatic carbocycles. The number of carbonyl (C=O) groups is 1. The zero-order valence-corrected chi connectivity index (χ0v) is 12.0. The Balaban J connectivity index is 2.50. The lowest BCUT2D eigenvalue weighted by Gasteiger charge is -2.07. The van der Waals surface area contributed by atoms with Gasteiger partial charge >= 0.3 is 0 Å². The summed E-state index contributed by atoms with van der Waals surface area (Å²) in [5, 5.41) is 0.567. The average Bonchev–Trinajstić information content (AvgIpc) is 2.26. The van der Waals surface area contributed by atoms with Crippen LogP contribution in [-0.2, 0) is 0 Å². The number of ketones is 1. The lowest BCUT2D eigenvalue weighted by molar-refractivity contribution is 0.102. The molecule has 1 nitrogen and oxygen atoms in total. The van der Waals surface area contributed by atoms with Gasteiger partial charge in [-0.25, -0.2) is 0 Å². The maximum Gasteiger partial charge on any atom is 0.172 e. The minimum atomic E-state index is 0.233. The number of thioether (sulfide) groups is 1. The molecule has 0 radical (unpaired) electrons. The SMILES string of the molecule is CCC(C)SCC(=O)c1ccc(I)cc1. The maximum absolute atomic E-state index is 11.8. The van der Waals surface area contributed by atoms with Crippen LogP contribution in [0.5, 0.6) is 0 Å². The first-order valence-corrected chi connectivity index (χ1v) is 7.16. The van der Waals surface area contributed by atoms with Gasteiger partial charge in [-0.1, -0.05) is 26.0 Å². The van der Waals surface area contributed by atoms with Gasteiger partial charge in [-0.2, -0.15) is 11.8 Å². The number of Topliss-reactive ketones (excluding diaryl/α,β-unsaturated/α-hetero) is 1. The minimum Gasteiger partial charge on any atom is -0.293 e. The van der Waals surface area contributed by atoms with Crippen LogP contribution in [0.3, 0.4) is 0 Å². The van der Waals surface area contributed by atoms with E-state index in [1.807, 2.05) is 24.3 Å². The van der Waals surface area contributed by atoms with Gasteiger partial charge in [0.1, 0.15) is 0 Å². The second-order valence-corrected chi connectivity index (χ2v) is 6.13. The van der Waals surface area contributed by atoms with E-state index in [1.54, 1.807) is 11.8 Å². The highest BCUT2D eigenvalue weighted by molar-refractivity contribution is 14.1. The number of hydrogen-bond donors (Lipinski definition) is 0. The minimum absolute atomic E-state index is 0.233. The Kier molecular flexibility index (Phi) is 5.68. The number of halogens is 1. The van der Waals surface area contributed by atoms with Crippen LogP contribution < -0.4 is 0 Å². The van der Waals surface area contributed by atoms with Crippen LogP contribution in [0.1, 0.15) is 30.6 Å². The molecule has 1 aromatic carbocycles. The second-order valence-electron chi connectivity index (χ2n) is 3.46. The van der Waals surface area contributed by atoms with Crippen molar-refractivity contribution in [3.63, 3.8) is 0 Å². The fourth-order valence-corrected chi connectivity index (χ4v) is 2.25. The van der Waals surface area contributed by atoms with Crippen LogP contribution in [0.4, 0.5) is 0 Å². The van der Waals surface area contributed by atoms with Crippen molar-refractivity contribution in [1.29, 1.82) is 0 Å². The van der Waals surface area contributed by atoms with Crippen molar-refractivity contribution in [2.45, 2.75) is 25.5 Å². The van der Waals surface area contributed by atoms with Crippen molar-refractivity contribution in [3.05, 3.63) is 33.4 Å². The molecule has 1 aromatic rings. The molecule has 0 aliphatic heterocycles. The van der Waals surface area contributed by atoms with Crippen molar-refractivity contribution in [2.24, 2.45) is 0 Å².